The zero-order valence-corrected chi connectivity index (χ0v) is 23.5. The van der Waals surface area contributed by atoms with Crippen LogP contribution in [0.5, 0.6) is 0 Å². The number of fused-ring (bicyclic) bond motifs is 1. The molecule has 1 aliphatic rings. The zero-order chi connectivity index (χ0) is 27.8. The second kappa shape index (κ2) is 10.7. The number of aromatic nitrogens is 6. The van der Waals surface area contributed by atoms with E-state index >= 15 is 0 Å². The molecule has 3 N–H and O–H groups in total. The van der Waals surface area contributed by atoms with Crippen molar-refractivity contribution in [3.05, 3.63) is 88.4 Å². The maximum Gasteiger partial charge on any atom is 0.428 e. The van der Waals surface area contributed by atoms with Gasteiger partial charge in [-0.15, -0.1) is 9.38 Å². The van der Waals surface area contributed by atoms with Crippen LogP contribution in [0.15, 0.2) is 65.6 Å². The van der Waals surface area contributed by atoms with Crippen LogP contribution in [-0.4, -0.2) is 42.3 Å². The number of hydrogen-bond donors (Lipinski definition) is 2. The van der Waals surface area contributed by atoms with Crippen LogP contribution >= 0.6 is 0 Å². The molecule has 0 aliphatic carbocycles. The number of hydrogen-bond acceptors (Lipinski definition) is 5. The van der Waals surface area contributed by atoms with E-state index in [1.165, 1.54) is 29.4 Å². The number of likely N-dealkylation sites (tertiary alicyclic amines) is 1. The molecule has 1 unspecified atom stereocenters. The predicted molar refractivity (Wildman–Crippen MR) is 157 cm³/mol. The van der Waals surface area contributed by atoms with E-state index in [2.05, 4.69) is 44.9 Å². The molecule has 5 aromatic rings. The summed E-state index contributed by atoms with van der Waals surface area (Å²) in [5.41, 5.74) is 13.5. The van der Waals surface area contributed by atoms with Crippen LogP contribution in [0.2, 0.25) is 0 Å². The second-order valence-corrected chi connectivity index (χ2v) is 10.9. The first-order valence-corrected chi connectivity index (χ1v) is 14.1. The van der Waals surface area contributed by atoms with Crippen molar-refractivity contribution in [2.45, 2.75) is 52.1 Å². The summed E-state index contributed by atoms with van der Waals surface area (Å²) < 4.78 is 5.40. The molecule has 40 heavy (non-hydrogen) atoms. The van der Waals surface area contributed by atoms with Gasteiger partial charge in [-0.05, 0) is 63.1 Å². The van der Waals surface area contributed by atoms with Crippen molar-refractivity contribution in [1.29, 1.82) is 0 Å². The molecule has 5 heterocycles. The van der Waals surface area contributed by atoms with Crippen molar-refractivity contribution < 1.29 is 4.40 Å². The largest absolute Gasteiger partial charge is 0.428 e. The van der Waals surface area contributed by atoms with Crippen LogP contribution in [-0.2, 0) is 13.6 Å². The van der Waals surface area contributed by atoms with Gasteiger partial charge in [0.15, 0.2) is 0 Å². The fraction of sp³-hybridized carbons (Fsp3) is 0.355. The number of H-pyrrole nitrogens is 1. The molecule has 206 valence electrons. The van der Waals surface area contributed by atoms with Gasteiger partial charge in [-0.25, -0.2) is 9.89 Å². The Balaban J connectivity index is 1.45. The summed E-state index contributed by atoms with van der Waals surface area (Å²) >= 11 is 0. The second-order valence-electron chi connectivity index (χ2n) is 10.9. The molecule has 0 bridgehead atoms. The number of nitrogen functional groups attached to an aromatic ring is 1. The summed E-state index contributed by atoms with van der Waals surface area (Å²) in [6.07, 6.45) is 6.85. The molecule has 1 saturated heterocycles. The summed E-state index contributed by atoms with van der Waals surface area (Å²) in [5.74, 6) is 0.163. The third-order valence-electron chi connectivity index (χ3n) is 8.03. The standard InChI is InChI=1S/C31H36N8O/c1-21-19-24(20-22(2)33-21)27-28(23-11-6-4-7-12-23)34-30(32)39-29(27)35-38(31(39)40)18-17-37-16-9-5-8-13-26(37)25-14-10-15-36(25)3/h4,6-7,10-12,14-15,19-20,26H,5,8-9,13,16-18H2,1-3H3,(H2,32,33,34,35)/p+1. The van der Waals surface area contributed by atoms with Gasteiger partial charge in [0.05, 0.1) is 18.2 Å². The number of rotatable bonds is 6. The lowest BCUT2D eigenvalue weighted by atomic mass is 9.99. The van der Waals surface area contributed by atoms with Crippen LogP contribution < -0.4 is 15.8 Å². The zero-order valence-electron chi connectivity index (χ0n) is 23.5. The van der Waals surface area contributed by atoms with Gasteiger partial charge in [-0.1, -0.05) is 43.2 Å². The third kappa shape index (κ3) is 4.81. The molecule has 4 aromatic heterocycles. The summed E-state index contributed by atoms with van der Waals surface area (Å²) in [6, 6.07) is 18.7. The van der Waals surface area contributed by atoms with Crippen molar-refractivity contribution in [2.24, 2.45) is 7.05 Å². The van der Waals surface area contributed by atoms with Gasteiger partial charge in [0, 0.05) is 42.4 Å². The fourth-order valence-electron chi connectivity index (χ4n) is 6.18. The van der Waals surface area contributed by atoms with Crippen molar-refractivity contribution in [2.75, 3.05) is 18.8 Å². The summed E-state index contributed by atoms with van der Waals surface area (Å²) in [6.45, 7) is 6.25. The lowest BCUT2D eigenvalue weighted by Gasteiger charge is -2.30. The summed E-state index contributed by atoms with van der Waals surface area (Å²) in [7, 11) is 2.11. The Labute approximate surface area is 233 Å². The van der Waals surface area contributed by atoms with E-state index in [9.17, 15) is 4.79 Å². The van der Waals surface area contributed by atoms with Gasteiger partial charge < -0.3 is 10.3 Å². The lowest BCUT2D eigenvalue weighted by molar-refractivity contribution is -0.516. The minimum atomic E-state index is -0.214. The molecule has 0 amide bonds. The predicted octanol–water partition coefficient (Wildman–Crippen LogP) is 4.19. The van der Waals surface area contributed by atoms with Gasteiger partial charge in [0.2, 0.25) is 5.65 Å². The molecule has 1 aromatic carbocycles. The summed E-state index contributed by atoms with van der Waals surface area (Å²) in [5, 5.41) is 3.43. The van der Waals surface area contributed by atoms with E-state index in [-0.39, 0.29) is 11.6 Å². The maximum atomic E-state index is 13.8. The normalized spacial score (nSPS) is 16.4. The Hall–Kier alpha value is -4.24. The van der Waals surface area contributed by atoms with Gasteiger partial charge in [0.1, 0.15) is 5.69 Å². The molecule has 1 fully saturated rings. The van der Waals surface area contributed by atoms with Crippen LogP contribution in [0.3, 0.4) is 0 Å². The number of nitrogens with two attached hydrogens (primary N) is 1. The van der Waals surface area contributed by atoms with Crippen molar-refractivity contribution in [3.8, 4) is 22.4 Å². The third-order valence-corrected chi connectivity index (χ3v) is 8.03. The Kier molecular flexibility index (Phi) is 6.98. The molecule has 1 atom stereocenters. The van der Waals surface area contributed by atoms with Gasteiger partial charge in [-0.3, -0.25) is 9.88 Å². The highest BCUT2D eigenvalue weighted by atomic mass is 16.2. The Bertz CT molecular complexity index is 1690. The monoisotopic (exact) mass is 537 g/mol. The van der Waals surface area contributed by atoms with E-state index in [1.54, 1.807) is 4.68 Å². The first-order valence-electron chi connectivity index (χ1n) is 14.1. The first kappa shape index (κ1) is 26.0. The van der Waals surface area contributed by atoms with E-state index in [1.807, 2.05) is 56.3 Å². The first-order chi connectivity index (χ1) is 19.4. The van der Waals surface area contributed by atoms with Crippen molar-refractivity contribution in [1.82, 2.24) is 29.2 Å². The van der Waals surface area contributed by atoms with Crippen LogP contribution in [0.1, 0.15) is 48.8 Å². The molecule has 0 spiro atoms. The number of aromatic amines is 1. The Morgan fingerprint density at radius 2 is 1.75 bits per heavy atom. The van der Waals surface area contributed by atoms with E-state index in [0.717, 1.165) is 53.3 Å². The molecule has 9 heteroatoms. The van der Waals surface area contributed by atoms with Crippen molar-refractivity contribution >= 4 is 11.6 Å². The highest BCUT2D eigenvalue weighted by molar-refractivity contribution is 5.88. The van der Waals surface area contributed by atoms with Crippen LogP contribution in [0, 0.1) is 13.8 Å². The minimum absolute atomic E-state index is 0.163. The average Bonchev–Trinajstić information content (AvgIpc) is 3.41. The Morgan fingerprint density at radius 1 is 0.975 bits per heavy atom. The minimum Gasteiger partial charge on any atom is -0.353 e. The van der Waals surface area contributed by atoms with E-state index in [0.29, 0.717) is 18.2 Å². The molecule has 1 aliphatic heterocycles. The van der Waals surface area contributed by atoms with Crippen LogP contribution in [0.25, 0.3) is 28.0 Å². The number of aryl methyl sites for hydroxylation is 3. The smallest absolute Gasteiger partial charge is 0.353 e. The molecule has 6 rings (SSSR count). The molecular formula is C31H37N8O+. The van der Waals surface area contributed by atoms with E-state index in [4.69, 9.17) is 10.7 Å². The number of benzene rings is 1. The van der Waals surface area contributed by atoms with Gasteiger partial charge >= 0.3 is 11.6 Å². The highest BCUT2D eigenvalue weighted by Gasteiger charge is 2.28. The quantitative estimate of drug-likeness (QED) is 0.316. The highest BCUT2D eigenvalue weighted by Crippen LogP contribution is 2.33. The van der Waals surface area contributed by atoms with E-state index < -0.39 is 0 Å². The topological polar surface area (TPSA) is 102 Å². The molecule has 0 radical (unpaired) electrons. The number of nitrogens with one attached hydrogen (secondary N) is 1. The van der Waals surface area contributed by atoms with Crippen LogP contribution in [0.4, 0.5) is 5.95 Å². The SMILES string of the molecule is Cc1cc(-c2c(-c3ccccc3)nc(N)[n+]3c(=O)n(CCN4CCCCCC4c4cccn4C)[nH]c23)cc(C)n1. The average molecular weight is 538 g/mol. The van der Waals surface area contributed by atoms with Gasteiger partial charge in [0.25, 0.3) is 0 Å². The number of pyridine rings is 1. The number of nitrogens with zero attached hydrogens (tertiary/aromatic N) is 6. The maximum absolute atomic E-state index is 13.8. The van der Waals surface area contributed by atoms with Gasteiger partial charge in [-0.2, -0.15) is 4.68 Å². The number of anilines is 1. The van der Waals surface area contributed by atoms with Crippen molar-refractivity contribution in [3.63, 3.8) is 0 Å². The molecule has 0 saturated carbocycles. The fourth-order valence-corrected chi connectivity index (χ4v) is 6.18. The molecule has 9 nitrogen and oxygen atoms in total. The summed E-state index contributed by atoms with van der Waals surface area (Å²) in [4.78, 5) is 25.6. The lowest BCUT2D eigenvalue weighted by Crippen LogP contribution is -2.45. The Morgan fingerprint density at radius 3 is 2.48 bits per heavy atom. The molecular weight excluding hydrogens is 500 g/mol.